The summed E-state index contributed by atoms with van der Waals surface area (Å²) >= 11 is 0. The molecule has 20 heavy (non-hydrogen) atoms. The van der Waals surface area contributed by atoms with Gasteiger partial charge in [-0.05, 0) is 19.4 Å². The van der Waals surface area contributed by atoms with Gasteiger partial charge in [-0.15, -0.1) is 0 Å². The van der Waals surface area contributed by atoms with Crippen LogP contribution in [0.15, 0.2) is 29.4 Å². The Kier molecular flexibility index (Phi) is 4.09. The second kappa shape index (κ2) is 5.63. The summed E-state index contributed by atoms with van der Waals surface area (Å²) in [7, 11) is 1.55. The van der Waals surface area contributed by atoms with E-state index in [-0.39, 0.29) is 5.91 Å². The lowest BCUT2D eigenvalue weighted by Crippen LogP contribution is -2.50. The Morgan fingerprint density at radius 2 is 2.20 bits per heavy atom. The minimum atomic E-state index is -0.832. The Labute approximate surface area is 118 Å². The Hall–Kier alpha value is -1.88. The van der Waals surface area contributed by atoms with Crippen molar-refractivity contribution in [1.82, 2.24) is 0 Å². The van der Waals surface area contributed by atoms with Crippen molar-refractivity contribution in [3.8, 4) is 0 Å². The van der Waals surface area contributed by atoms with E-state index in [9.17, 15) is 4.79 Å². The number of fused-ring (bicyclic) bond motifs is 1. The highest BCUT2D eigenvalue weighted by atomic mass is 16.5. The zero-order chi connectivity index (χ0) is 14.8. The topological polar surface area (TPSA) is 62.1 Å². The summed E-state index contributed by atoms with van der Waals surface area (Å²) < 4.78 is 5.40. The standard InChI is InChI=1S/C15H20N2O3/c1-4-15(2,20-3)14(18)17-10-9-12(16-19)11-7-5-6-8-13(11)17/h5-8,19H,4,9-10H2,1-3H3/b16-12-. The molecule has 1 heterocycles. The molecule has 2 rings (SSSR count). The Balaban J connectivity index is 2.43. The van der Waals surface area contributed by atoms with Gasteiger partial charge in [-0.25, -0.2) is 0 Å². The molecule has 1 aliphatic heterocycles. The number of carbonyl (C=O) groups is 1. The molecule has 5 heteroatoms. The van der Waals surface area contributed by atoms with Crippen molar-refractivity contribution >= 4 is 17.3 Å². The lowest BCUT2D eigenvalue weighted by atomic mass is 9.95. The van der Waals surface area contributed by atoms with Gasteiger partial charge in [-0.3, -0.25) is 4.79 Å². The van der Waals surface area contributed by atoms with Gasteiger partial charge < -0.3 is 14.8 Å². The summed E-state index contributed by atoms with van der Waals surface area (Å²) in [6.07, 6.45) is 1.13. The third-order valence-corrected chi connectivity index (χ3v) is 4.02. The van der Waals surface area contributed by atoms with Crippen molar-refractivity contribution in [2.75, 3.05) is 18.6 Å². The van der Waals surface area contributed by atoms with Gasteiger partial charge in [0.1, 0.15) is 5.60 Å². The van der Waals surface area contributed by atoms with Crippen LogP contribution in [0.4, 0.5) is 5.69 Å². The summed E-state index contributed by atoms with van der Waals surface area (Å²) in [6.45, 7) is 4.22. The van der Waals surface area contributed by atoms with E-state index < -0.39 is 5.60 Å². The maximum Gasteiger partial charge on any atom is 0.258 e. The second-order valence-electron chi connectivity index (χ2n) is 5.06. The van der Waals surface area contributed by atoms with E-state index in [1.54, 1.807) is 18.9 Å². The smallest absolute Gasteiger partial charge is 0.258 e. The summed E-state index contributed by atoms with van der Waals surface area (Å²) in [5.41, 5.74) is 1.35. The number of ether oxygens (including phenoxy) is 1. The van der Waals surface area contributed by atoms with Crippen molar-refractivity contribution in [3.63, 3.8) is 0 Å². The van der Waals surface area contributed by atoms with E-state index in [1.165, 1.54) is 0 Å². The molecule has 1 aromatic rings. The van der Waals surface area contributed by atoms with E-state index in [0.29, 0.717) is 25.1 Å². The van der Waals surface area contributed by atoms with Gasteiger partial charge in [0, 0.05) is 25.6 Å². The molecule has 1 N–H and O–H groups in total. The molecule has 1 amide bonds. The largest absolute Gasteiger partial charge is 0.411 e. The van der Waals surface area contributed by atoms with Crippen molar-refractivity contribution in [2.24, 2.45) is 5.16 Å². The van der Waals surface area contributed by atoms with Crippen LogP contribution in [0.3, 0.4) is 0 Å². The SMILES string of the molecule is CCC(C)(OC)C(=O)N1CC/C(=N/O)c2ccccc21. The molecule has 0 saturated carbocycles. The van der Waals surface area contributed by atoms with E-state index in [4.69, 9.17) is 9.94 Å². The van der Waals surface area contributed by atoms with E-state index in [2.05, 4.69) is 5.16 Å². The van der Waals surface area contributed by atoms with Crippen molar-refractivity contribution in [3.05, 3.63) is 29.8 Å². The molecular weight excluding hydrogens is 256 g/mol. The number of para-hydroxylation sites is 1. The average Bonchev–Trinajstić information content (AvgIpc) is 2.52. The number of amides is 1. The molecule has 0 saturated heterocycles. The molecule has 0 fully saturated rings. The molecule has 0 aliphatic carbocycles. The van der Waals surface area contributed by atoms with Gasteiger partial charge in [0.05, 0.1) is 11.4 Å². The molecule has 0 bridgehead atoms. The van der Waals surface area contributed by atoms with Crippen LogP contribution in [-0.4, -0.2) is 36.1 Å². The highest BCUT2D eigenvalue weighted by Gasteiger charge is 2.38. The van der Waals surface area contributed by atoms with E-state index in [0.717, 1.165) is 11.3 Å². The first kappa shape index (κ1) is 14.5. The van der Waals surface area contributed by atoms with Crippen molar-refractivity contribution in [2.45, 2.75) is 32.3 Å². The van der Waals surface area contributed by atoms with Gasteiger partial charge >= 0.3 is 0 Å². The van der Waals surface area contributed by atoms with Crippen LogP contribution < -0.4 is 4.90 Å². The minimum absolute atomic E-state index is 0.0630. The predicted molar refractivity (Wildman–Crippen MR) is 77.4 cm³/mol. The van der Waals surface area contributed by atoms with Crippen LogP contribution in [-0.2, 0) is 9.53 Å². The first-order chi connectivity index (χ1) is 9.57. The van der Waals surface area contributed by atoms with Gasteiger partial charge in [-0.2, -0.15) is 0 Å². The fraction of sp³-hybridized carbons (Fsp3) is 0.467. The van der Waals surface area contributed by atoms with Gasteiger partial charge in [0.2, 0.25) is 0 Å². The van der Waals surface area contributed by atoms with Crippen LogP contribution >= 0.6 is 0 Å². The third kappa shape index (κ3) is 2.29. The van der Waals surface area contributed by atoms with Crippen LogP contribution in [0.25, 0.3) is 0 Å². The number of hydrogen-bond donors (Lipinski definition) is 1. The zero-order valence-corrected chi connectivity index (χ0v) is 12.1. The lowest BCUT2D eigenvalue weighted by Gasteiger charge is -2.36. The molecule has 1 aliphatic rings. The van der Waals surface area contributed by atoms with Gasteiger partial charge in [0.25, 0.3) is 5.91 Å². The first-order valence-electron chi connectivity index (χ1n) is 6.75. The number of anilines is 1. The number of hydrogen-bond acceptors (Lipinski definition) is 4. The monoisotopic (exact) mass is 276 g/mol. The van der Waals surface area contributed by atoms with E-state index in [1.807, 2.05) is 31.2 Å². The molecule has 1 aromatic carbocycles. The number of oxime groups is 1. The molecule has 1 unspecified atom stereocenters. The quantitative estimate of drug-likeness (QED) is 0.681. The van der Waals surface area contributed by atoms with Crippen LogP contribution in [0.2, 0.25) is 0 Å². The molecule has 0 aromatic heterocycles. The van der Waals surface area contributed by atoms with Crippen LogP contribution in [0, 0.1) is 0 Å². The Morgan fingerprint density at radius 1 is 1.50 bits per heavy atom. The lowest BCUT2D eigenvalue weighted by molar-refractivity contribution is -0.138. The summed E-state index contributed by atoms with van der Waals surface area (Å²) in [5, 5.41) is 12.4. The Bertz CT molecular complexity index is 536. The highest BCUT2D eigenvalue weighted by molar-refractivity contribution is 6.12. The Morgan fingerprint density at radius 3 is 2.80 bits per heavy atom. The number of methoxy groups -OCH3 is 1. The minimum Gasteiger partial charge on any atom is -0.411 e. The maximum absolute atomic E-state index is 12.7. The molecule has 0 spiro atoms. The molecule has 0 radical (unpaired) electrons. The van der Waals surface area contributed by atoms with Crippen LogP contribution in [0.1, 0.15) is 32.3 Å². The predicted octanol–water partition coefficient (Wildman–Crippen LogP) is 2.42. The maximum atomic E-state index is 12.7. The van der Waals surface area contributed by atoms with Gasteiger partial charge in [0.15, 0.2) is 0 Å². The fourth-order valence-corrected chi connectivity index (χ4v) is 2.41. The third-order valence-electron chi connectivity index (χ3n) is 4.02. The first-order valence-corrected chi connectivity index (χ1v) is 6.75. The summed E-state index contributed by atoms with van der Waals surface area (Å²) in [4.78, 5) is 14.5. The molecule has 108 valence electrons. The molecular formula is C15H20N2O3. The highest BCUT2D eigenvalue weighted by Crippen LogP contribution is 2.30. The van der Waals surface area contributed by atoms with Gasteiger partial charge in [-0.1, -0.05) is 30.3 Å². The number of rotatable bonds is 3. The average molecular weight is 276 g/mol. The van der Waals surface area contributed by atoms with Crippen molar-refractivity contribution in [1.29, 1.82) is 0 Å². The molecule has 5 nitrogen and oxygen atoms in total. The molecule has 1 atom stereocenters. The summed E-state index contributed by atoms with van der Waals surface area (Å²) in [6, 6.07) is 7.46. The number of carbonyl (C=O) groups excluding carboxylic acids is 1. The van der Waals surface area contributed by atoms with Crippen LogP contribution in [0.5, 0.6) is 0 Å². The normalized spacial score (nSPS) is 19.6. The fourth-order valence-electron chi connectivity index (χ4n) is 2.41. The number of benzene rings is 1. The number of nitrogens with zero attached hydrogens (tertiary/aromatic N) is 2. The summed E-state index contributed by atoms with van der Waals surface area (Å²) in [5.74, 6) is -0.0630. The second-order valence-corrected chi connectivity index (χ2v) is 5.06. The zero-order valence-electron chi connectivity index (χ0n) is 12.1. The van der Waals surface area contributed by atoms with E-state index >= 15 is 0 Å². The van der Waals surface area contributed by atoms with Crippen molar-refractivity contribution < 1.29 is 14.7 Å².